The first-order valence-electron chi connectivity index (χ1n) is 11.6. The molecule has 0 aliphatic carbocycles. The number of carbonyl (C=O) groups is 1. The second-order valence-electron chi connectivity index (χ2n) is 8.20. The van der Waals surface area contributed by atoms with Gasteiger partial charge in [-0.05, 0) is 54.6 Å². The number of anilines is 2. The quantitative estimate of drug-likeness (QED) is 0.223. The zero-order valence-electron chi connectivity index (χ0n) is 19.9. The van der Waals surface area contributed by atoms with Crippen LogP contribution < -0.4 is 10.6 Å². The Bertz CT molecular complexity index is 1550. The highest BCUT2D eigenvalue weighted by Crippen LogP contribution is 2.30. The second kappa shape index (κ2) is 11.6. The first-order valence-corrected chi connectivity index (χ1v) is 12.9. The maximum Gasteiger partial charge on any atom is 0.243 e. The number of hydrogen-bond acceptors (Lipinski definition) is 6. The molecule has 2 aromatic heterocycles. The lowest BCUT2D eigenvalue weighted by atomic mass is 10.2. The number of aromatic nitrogens is 6. The molecule has 12 heteroatoms. The van der Waals surface area contributed by atoms with Gasteiger partial charge in [-0.3, -0.25) is 4.79 Å². The summed E-state index contributed by atoms with van der Waals surface area (Å²) in [5, 5.41) is 20.0. The number of nitrogens with zero attached hydrogens (tertiary/aromatic N) is 6. The molecule has 0 aliphatic rings. The topological polar surface area (TPSA) is 103 Å². The molecular formula is C26H21Cl3N8O. The third kappa shape index (κ3) is 5.96. The molecule has 0 aliphatic heterocycles. The predicted octanol–water partition coefficient (Wildman–Crippen LogP) is 5.65. The van der Waals surface area contributed by atoms with Gasteiger partial charge in [0, 0.05) is 24.2 Å². The van der Waals surface area contributed by atoms with Crippen LogP contribution in [0.15, 0.2) is 79.0 Å². The van der Waals surface area contributed by atoms with Gasteiger partial charge in [-0.2, -0.15) is 4.98 Å². The van der Waals surface area contributed by atoms with E-state index in [0.717, 1.165) is 22.6 Å². The van der Waals surface area contributed by atoms with Crippen LogP contribution in [0.3, 0.4) is 0 Å². The number of hydrogen-bond donors (Lipinski definition) is 2. The fraction of sp³-hybridized carbons (Fsp3) is 0.115. The molecule has 2 heterocycles. The first kappa shape index (κ1) is 25.7. The highest BCUT2D eigenvalue weighted by Gasteiger charge is 2.15. The number of nitrogens with one attached hydrogen (secondary N) is 2. The minimum Gasteiger partial charge on any atom is -0.353 e. The molecule has 0 radical (unpaired) electrons. The van der Waals surface area contributed by atoms with E-state index < -0.39 is 0 Å². The summed E-state index contributed by atoms with van der Waals surface area (Å²) in [6.07, 6.45) is 2.52. The number of amides is 1. The van der Waals surface area contributed by atoms with Crippen LogP contribution in [-0.2, 0) is 11.2 Å². The van der Waals surface area contributed by atoms with Crippen molar-refractivity contribution in [3.63, 3.8) is 0 Å². The lowest BCUT2D eigenvalue weighted by Crippen LogP contribution is -2.12. The van der Waals surface area contributed by atoms with Crippen molar-refractivity contribution in [2.24, 2.45) is 0 Å². The summed E-state index contributed by atoms with van der Waals surface area (Å²) in [7, 11) is 0. The van der Waals surface area contributed by atoms with Gasteiger partial charge in [0.1, 0.15) is 5.88 Å². The van der Waals surface area contributed by atoms with E-state index in [0.29, 0.717) is 40.5 Å². The largest absolute Gasteiger partial charge is 0.353 e. The van der Waals surface area contributed by atoms with E-state index in [1.807, 2.05) is 54.7 Å². The number of carbonyl (C=O) groups excluding carboxylic acids is 1. The van der Waals surface area contributed by atoms with E-state index in [-0.39, 0.29) is 11.8 Å². The van der Waals surface area contributed by atoms with Crippen LogP contribution in [-0.4, -0.2) is 48.1 Å². The minimum absolute atomic E-state index is 0.121. The van der Waals surface area contributed by atoms with Gasteiger partial charge in [0.05, 0.1) is 33.3 Å². The average Bonchev–Trinajstić information content (AvgIpc) is 3.59. The lowest BCUT2D eigenvalue weighted by molar-refractivity contribution is -0.113. The Morgan fingerprint density at radius 2 is 1.71 bits per heavy atom. The van der Waals surface area contributed by atoms with Gasteiger partial charge in [-0.25, -0.2) is 9.36 Å². The van der Waals surface area contributed by atoms with Crippen LogP contribution in [0.5, 0.6) is 0 Å². The molecule has 2 N–H and O–H groups in total. The van der Waals surface area contributed by atoms with E-state index in [9.17, 15) is 4.79 Å². The van der Waals surface area contributed by atoms with Gasteiger partial charge in [0.25, 0.3) is 0 Å². The zero-order valence-corrected chi connectivity index (χ0v) is 22.1. The van der Waals surface area contributed by atoms with Crippen LogP contribution in [0, 0.1) is 0 Å². The summed E-state index contributed by atoms with van der Waals surface area (Å²) in [6, 6.07) is 22.3. The molecule has 0 fully saturated rings. The molecule has 0 saturated heterocycles. The van der Waals surface area contributed by atoms with Gasteiger partial charge in [-0.15, -0.1) is 21.8 Å². The van der Waals surface area contributed by atoms with Crippen LogP contribution in [0.1, 0.15) is 5.69 Å². The third-order valence-corrected chi connectivity index (χ3v) is 6.51. The highest BCUT2D eigenvalue weighted by atomic mass is 35.5. The molecule has 0 unspecified atom stereocenters. The van der Waals surface area contributed by atoms with Gasteiger partial charge < -0.3 is 10.6 Å². The molecule has 38 heavy (non-hydrogen) atoms. The summed E-state index contributed by atoms with van der Waals surface area (Å²) in [5.41, 5.74) is 3.88. The van der Waals surface area contributed by atoms with Crippen LogP contribution in [0.2, 0.25) is 10.0 Å². The maximum atomic E-state index is 11.6. The maximum absolute atomic E-state index is 11.6. The monoisotopic (exact) mass is 566 g/mol. The van der Waals surface area contributed by atoms with Gasteiger partial charge in [-0.1, -0.05) is 46.6 Å². The number of rotatable bonds is 9. The van der Waals surface area contributed by atoms with Gasteiger partial charge in [0.15, 0.2) is 5.82 Å². The Hall–Kier alpha value is -3.92. The number of para-hydroxylation sites is 1. The van der Waals surface area contributed by atoms with E-state index >= 15 is 0 Å². The second-order valence-corrected chi connectivity index (χ2v) is 9.28. The number of benzene rings is 3. The summed E-state index contributed by atoms with van der Waals surface area (Å²) >= 11 is 18.0. The highest BCUT2D eigenvalue weighted by molar-refractivity contribution is 6.42. The Labute approximate surface area is 233 Å². The molecule has 0 spiro atoms. The van der Waals surface area contributed by atoms with E-state index in [2.05, 4.69) is 26.0 Å². The van der Waals surface area contributed by atoms with E-state index in [4.69, 9.17) is 39.8 Å². The van der Waals surface area contributed by atoms with Crippen LogP contribution in [0.25, 0.3) is 22.8 Å². The molecule has 1 amide bonds. The van der Waals surface area contributed by atoms with Gasteiger partial charge >= 0.3 is 0 Å². The SMILES string of the molecule is O=C(CCl)Nc1ccc(-n2nc(NCCc3cn(-c4ccccc4)nn3)nc2-c2ccc(Cl)c(Cl)c2)cc1. The van der Waals surface area contributed by atoms with Crippen molar-refractivity contribution in [2.75, 3.05) is 23.1 Å². The number of alkyl halides is 1. The van der Waals surface area contributed by atoms with Crippen molar-refractivity contribution in [2.45, 2.75) is 6.42 Å². The van der Waals surface area contributed by atoms with Crippen molar-refractivity contribution in [3.8, 4) is 22.8 Å². The Morgan fingerprint density at radius 3 is 2.45 bits per heavy atom. The fourth-order valence-electron chi connectivity index (χ4n) is 3.69. The summed E-state index contributed by atoms with van der Waals surface area (Å²) < 4.78 is 3.44. The lowest BCUT2D eigenvalue weighted by Gasteiger charge is -2.08. The van der Waals surface area contributed by atoms with E-state index in [1.54, 1.807) is 33.6 Å². The average molecular weight is 568 g/mol. The third-order valence-electron chi connectivity index (χ3n) is 5.53. The Morgan fingerprint density at radius 1 is 0.921 bits per heavy atom. The van der Waals surface area contributed by atoms with Crippen molar-refractivity contribution in [3.05, 3.63) is 94.7 Å². The molecule has 5 rings (SSSR count). The van der Waals surface area contributed by atoms with E-state index in [1.165, 1.54) is 0 Å². The summed E-state index contributed by atoms with van der Waals surface area (Å²) in [4.78, 5) is 16.3. The van der Waals surface area contributed by atoms with Gasteiger partial charge in [0.2, 0.25) is 11.9 Å². The van der Waals surface area contributed by atoms with Crippen molar-refractivity contribution in [1.82, 2.24) is 29.8 Å². The van der Waals surface area contributed by atoms with Crippen molar-refractivity contribution >= 4 is 52.3 Å². The molecule has 0 bridgehead atoms. The summed E-state index contributed by atoms with van der Waals surface area (Å²) in [5.74, 6) is 0.593. The Balaban J connectivity index is 1.36. The first-order chi connectivity index (χ1) is 18.5. The molecule has 192 valence electrons. The summed E-state index contributed by atoms with van der Waals surface area (Å²) in [6.45, 7) is 0.543. The molecule has 5 aromatic rings. The zero-order chi connectivity index (χ0) is 26.5. The molecule has 9 nitrogen and oxygen atoms in total. The van der Waals surface area contributed by atoms with Crippen LogP contribution >= 0.6 is 34.8 Å². The molecule has 0 saturated carbocycles. The molecule has 3 aromatic carbocycles. The molecule has 0 atom stereocenters. The fourth-order valence-corrected chi connectivity index (χ4v) is 4.06. The predicted molar refractivity (Wildman–Crippen MR) is 150 cm³/mol. The van der Waals surface area contributed by atoms with Crippen LogP contribution in [0.4, 0.5) is 11.6 Å². The smallest absolute Gasteiger partial charge is 0.243 e. The van der Waals surface area contributed by atoms with Crippen molar-refractivity contribution in [1.29, 1.82) is 0 Å². The Kier molecular flexibility index (Phi) is 7.88. The molecular weight excluding hydrogens is 547 g/mol. The standard InChI is InChI=1S/C26H21Cl3N8O/c27-15-24(38)31-18-7-9-21(10-8-18)37-25(17-6-11-22(28)23(29)14-17)32-26(34-37)30-13-12-19-16-36(35-33-19)20-4-2-1-3-5-20/h1-11,14,16H,12-13,15H2,(H,30,34)(H,31,38). The van der Waals surface area contributed by atoms with Crippen molar-refractivity contribution < 1.29 is 4.79 Å². The number of halogens is 3. The minimum atomic E-state index is -0.285. The normalized spacial score (nSPS) is 10.9.